The second-order valence-corrected chi connectivity index (χ2v) is 4.07. The summed E-state index contributed by atoms with van der Waals surface area (Å²) in [5.74, 6) is -2.61. The Morgan fingerprint density at radius 3 is 2.79 bits per heavy atom. The Morgan fingerprint density at radius 2 is 2.32 bits per heavy atom. The number of carboxylic acids is 1. The minimum absolute atomic E-state index is 0.0284. The lowest BCUT2D eigenvalue weighted by Crippen LogP contribution is -2.33. The zero-order chi connectivity index (χ0) is 14.0. The second kappa shape index (κ2) is 5.19. The number of halogens is 1. The van der Waals surface area contributed by atoms with Gasteiger partial charge in [0, 0.05) is 13.2 Å². The molecule has 0 radical (unpaired) electrons. The fourth-order valence-electron chi connectivity index (χ4n) is 1.69. The van der Waals surface area contributed by atoms with E-state index in [1.54, 1.807) is 0 Å². The molecule has 102 valence electrons. The van der Waals surface area contributed by atoms with Crippen LogP contribution in [0.1, 0.15) is 16.8 Å². The normalized spacial score (nSPS) is 17.6. The van der Waals surface area contributed by atoms with E-state index in [9.17, 15) is 19.3 Å². The summed E-state index contributed by atoms with van der Waals surface area (Å²) in [6, 6.07) is 1.53. The fraction of sp³-hybridized carbons (Fsp3) is 0.364. The van der Waals surface area contributed by atoms with Crippen LogP contribution >= 0.6 is 0 Å². The highest BCUT2D eigenvalue weighted by atomic mass is 19.1. The van der Waals surface area contributed by atoms with Gasteiger partial charge in [-0.3, -0.25) is 10.1 Å². The molecule has 0 bridgehead atoms. The summed E-state index contributed by atoms with van der Waals surface area (Å²) in [5, 5.41) is 22.3. The molecule has 0 aliphatic carbocycles. The third kappa shape index (κ3) is 2.79. The van der Waals surface area contributed by atoms with Gasteiger partial charge in [0.1, 0.15) is 11.5 Å². The van der Waals surface area contributed by atoms with E-state index in [-0.39, 0.29) is 11.8 Å². The van der Waals surface area contributed by atoms with Gasteiger partial charge < -0.3 is 15.2 Å². The molecule has 7 nitrogen and oxygen atoms in total. The molecule has 1 fully saturated rings. The van der Waals surface area contributed by atoms with Crippen LogP contribution in [-0.2, 0) is 4.74 Å². The van der Waals surface area contributed by atoms with Gasteiger partial charge in [-0.25, -0.2) is 9.18 Å². The van der Waals surface area contributed by atoms with Crippen LogP contribution in [0, 0.1) is 15.9 Å². The number of carbonyl (C=O) groups is 1. The zero-order valence-corrected chi connectivity index (χ0v) is 9.76. The number of nitrogens with zero attached hydrogens (tertiary/aromatic N) is 1. The molecule has 0 unspecified atom stereocenters. The number of rotatable bonds is 5. The number of nitro groups is 1. The highest BCUT2D eigenvalue weighted by Crippen LogP contribution is 2.28. The van der Waals surface area contributed by atoms with Crippen LogP contribution in [0.25, 0.3) is 0 Å². The highest BCUT2D eigenvalue weighted by molar-refractivity contribution is 5.90. The predicted octanol–water partition coefficient (Wildman–Crippen LogP) is 1.63. The molecule has 8 heteroatoms. The van der Waals surface area contributed by atoms with E-state index >= 15 is 0 Å². The molecule has 19 heavy (non-hydrogen) atoms. The molecule has 0 saturated carbocycles. The van der Waals surface area contributed by atoms with E-state index in [0.717, 1.165) is 12.5 Å². The first kappa shape index (κ1) is 13.2. The summed E-state index contributed by atoms with van der Waals surface area (Å²) in [6.07, 6.45) is 0.770. The summed E-state index contributed by atoms with van der Waals surface area (Å²) in [6.45, 7) is 0.948. The van der Waals surface area contributed by atoms with Gasteiger partial charge in [0.05, 0.1) is 22.7 Å². The maximum absolute atomic E-state index is 13.4. The molecule has 1 aliphatic rings. The highest BCUT2D eigenvalue weighted by Gasteiger charge is 2.23. The van der Waals surface area contributed by atoms with E-state index in [2.05, 4.69) is 5.32 Å². The van der Waals surface area contributed by atoms with E-state index in [1.807, 2.05) is 0 Å². The van der Waals surface area contributed by atoms with Gasteiger partial charge in [0.15, 0.2) is 0 Å². The summed E-state index contributed by atoms with van der Waals surface area (Å²) in [4.78, 5) is 20.8. The number of anilines is 1. The standard InChI is InChI=1S/C11H11FN2O5/c12-8-4-10(14(17)18)9(3-7(8)11(15)16)13-5-6-1-2-19-6/h3-4,6,13H,1-2,5H2,(H,15,16)/t6-/m0/s1. The van der Waals surface area contributed by atoms with Crippen molar-refractivity contribution in [2.24, 2.45) is 0 Å². The first-order valence-corrected chi connectivity index (χ1v) is 5.55. The minimum atomic E-state index is -1.48. The van der Waals surface area contributed by atoms with Crippen LogP contribution in [0.3, 0.4) is 0 Å². The average Bonchev–Trinajstić information content (AvgIpc) is 2.27. The molecule has 0 spiro atoms. The largest absolute Gasteiger partial charge is 0.478 e. The number of nitrogens with one attached hydrogen (secondary N) is 1. The van der Waals surface area contributed by atoms with Gasteiger partial charge in [-0.1, -0.05) is 0 Å². The maximum Gasteiger partial charge on any atom is 0.338 e. The van der Waals surface area contributed by atoms with Gasteiger partial charge in [-0.15, -0.1) is 0 Å². The molecular weight excluding hydrogens is 259 g/mol. The first-order chi connectivity index (χ1) is 8.99. The number of benzene rings is 1. The van der Waals surface area contributed by atoms with Gasteiger partial charge >= 0.3 is 5.97 Å². The number of aromatic carboxylic acids is 1. The van der Waals surface area contributed by atoms with Crippen molar-refractivity contribution in [3.05, 3.63) is 33.6 Å². The fourth-order valence-corrected chi connectivity index (χ4v) is 1.69. The molecule has 1 saturated heterocycles. The lowest BCUT2D eigenvalue weighted by Gasteiger charge is -2.26. The number of nitro benzene ring substituents is 1. The van der Waals surface area contributed by atoms with E-state index in [0.29, 0.717) is 19.2 Å². The number of hydrogen-bond donors (Lipinski definition) is 2. The van der Waals surface area contributed by atoms with Gasteiger partial charge in [-0.2, -0.15) is 0 Å². The smallest absolute Gasteiger partial charge is 0.338 e. The molecule has 1 aromatic rings. The van der Waals surface area contributed by atoms with Crippen LogP contribution in [-0.4, -0.2) is 35.3 Å². The Bertz CT molecular complexity index is 530. The molecule has 0 aromatic heterocycles. The van der Waals surface area contributed by atoms with Gasteiger partial charge in [0.25, 0.3) is 5.69 Å². The van der Waals surface area contributed by atoms with Crippen molar-refractivity contribution in [2.45, 2.75) is 12.5 Å². The Balaban J connectivity index is 2.28. The monoisotopic (exact) mass is 270 g/mol. The quantitative estimate of drug-likeness (QED) is 0.622. The molecule has 1 aliphatic heterocycles. The van der Waals surface area contributed by atoms with Gasteiger partial charge in [0.2, 0.25) is 0 Å². The maximum atomic E-state index is 13.4. The Hall–Kier alpha value is -2.22. The predicted molar refractivity (Wildman–Crippen MR) is 62.9 cm³/mol. The van der Waals surface area contributed by atoms with Crippen molar-refractivity contribution < 1.29 is 24.0 Å². The van der Waals surface area contributed by atoms with Crippen molar-refractivity contribution in [2.75, 3.05) is 18.5 Å². The Labute approximate surface area is 107 Å². The van der Waals surface area contributed by atoms with Crippen LogP contribution in [0.4, 0.5) is 15.8 Å². The Morgan fingerprint density at radius 1 is 1.63 bits per heavy atom. The number of carboxylic acid groups (broad SMARTS) is 1. The molecular formula is C11H11FN2O5. The second-order valence-electron chi connectivity index (χ2n) is 4.07. The van der Waals surface area contributed by atoms with E-state index in [4.69, 9.17) is 9.84 Å². The van der Waals surface area contributed by atoms with Crippen molar-refractivity contribution >= 4 is 17.3 Å². The molecule has 1 aromatic carbocycles. The molecule has 1 atom stereocenters. The van der Waals surface area contributed by atoms with Crippen LogP contribution in [0.2, 0.25) is 0 Å². The van der Waals surface area contributed by atoms with Crippen molar-refractivity contribution in [1.82, 2.24) is 0 Å². The number of ether oxygens (including phenoxy) is 1. The van der Waals surface area contributed by atoms with Crippen LogP contribution in [0.15, 0.2) is 12.1 Å². The van der Waals surface area contributed by atoms with Crippen molar-refractivity contribution in [3.63, 3.8) is 0 Å². The molecule has 2 N–H and O–H groups in total. The van der Waals surface area contributed by atoms with E-state index < -0.39 is 28.0 Å². The van der Waals surface area contributed by atoms with Gasteiger partial charge in [-0.05, 0) is 12.5 Å². The number of hydrogen-bond acceptors (Lipinski definition) is 5. The third-order valence-electron chi connectivity index (χ3n) is 2.83. The molecule has 2 rings (SSSR count). The van der Waals surface area contributed by atoms with E-state index in [1.165, 1.54) is 0 Å². The Kier molecular flexibility index (Phi) is 3.61. The topological polar surface area (TPSA) is 102 Å². The summed E-state index contributed by atoms with van der Waals surface area (Å²) < 4.78 is 18.5. The first-order valence-electron chi connectivity index (χ1n) is 5.55. The molecule has 0 amide bonds. The van der Waals surface area contributed by atoms with Crippen LogP contribution in [0.5, 0.6) is 0 Å². The van der Waals surface area contributed by atoms with Crippen molar-refractivity contribution in [1.29, 1.82) is 0 Å². The molecule has 1 heterocycles. The summed E-state index contributed by atoms with van der Waals surface area (Å²) >= 11 is 0. The average molecular weight is 270 g/mol. The zero-order valence-electron chi connectivity index (χ0n) is 9.76. The van der Waals surface area contributed by atoms with Crippen molar-refractivity contribution in [3.8, 4) is 0 Å². The SMILES string of the molecule is O=C(O)c1cc(NC[C@@H]2CCO2)c([N+](=O)[O-])cc1F. The third-order valence-corrected chi connectivity index (χ3v) is 2.83. The lowest BCUT2D eigenvalue weighted by atomic mass is 10.1. The van der Waals surface area contributed by atoms with Crippen LogP contribution < -0.4 is 5.32 Å². The summed E-state index contributed by atoms with van der Waals surface area (Å²) in [7, 11) is 0. The lowest BCUT2D eigenvalue weighted by molar-refractivity contribution is -0.384. The summed E-state index contributed by atoms with van der Waals surface area (Å²) in [5.41, 5.74) is -1.14. The minimum Gasteiger partial charge on any atom is -0.478 e.